The number of fused-ring (bicyclic) bond motifs is 2. The van der Waals surface area contributed by atoms with E-state index in [0.29, 0.717) is 18.0 Å². The normalized spacial score (nSPS) is 11.3. The van der Waals surface area contributed by atoms with E-state index in [2.05, 4.69) is 23.8 Å². The highest BCUT2D eigenvalue weighted by Crippen LogP contribution is 2.15. The first-order valence-corrected chi connectivity index (χ1v) is 14.0. The number of pyridine rings is 2. The van der Waals surface area contributed by atoms with E-state index in [1.54, 1.807) is 38.4 Å². The summed E-state index contributed by atoms with van der Waals surface area (Å²) in [6.45, 7) is 11.9. The van der Waals surface area contributed by atoms with Crippen LogP contribution in [0.15, 0.2) is 55.8 Å². The summed E-state index contributed by atoms with van der Waals surface area (Å²) >= 11 is 0. The number of hydrogen-bond acceptors (Lipinski definition) is 7. The number of hydrogen-bond donors (Lipinski definition) is 0. The van der Waals surface area contributed by atoms with Gasteiger partial charge in [-0.2, -0.15) is 9.97 Å². The van der Waals surface area contributed by atoms with Gasteiger partial charge < -0.3 is 4.74 Å². The number of unbranched alkanes of at least 4 members (excludes halogenated alkanes) is 3. The monoisotopic (exact) mass is 552 g/mol. The van der Waals surface area contributed by atoms with Gasteiger partial charge in [-0.25, -0.2) is 32.7 Å². The summed E-state index contributed by atoms with van der Waals surface area (Å²) < 4.78 is 10.7. The zero-order valence-corrected chi connectivity index (χ0v) is 24.3. The van der Waals surface area contributed by atoms with E-state index in [9.17, 15) is 19.2 Å². The topological polar surface area (TPSA) is 122 Å². The third-order valence-corrected chi connectivity index (χ3v) is 6.46. The van der Waals surface area contributed by atoms with Gasteiger partial charge in [-0.3, -0.25) is 4.40 Å². The molecule has 0 amide bonds. The molecule has 0 unspecified atom stereocenters. The van der Waals surface area contributed by atoms with E-state index < -0.39 is 17.1 Å². The summed E-state index contributed by atoms with van der Waals surface area (Å²) in [5.41, 5.74) is 0.0184. The van der Waals surface area contributed by atoms with Gasteiger partial charge in [0, 0.05) is 24.5 Å². The second kappa shape index (κ2) is 13.9. The number of rotatable bonds is 10. The van der Waals surface area contributed by atoms with Crippen LogP contribution in [-0.4, -0.2) is 34.5 Å². The van der Waals surface area contributed by atoms with E-state index >= 15 is 0 Å². The Kier molecular flexibility index (Phi) is 10.6. The second-order valence-electron chi connectivity index (χ2n) is 10.2. The van der Waals surface area contributed by atoms with Crippen molar-refractivity contribution in [3.63, 3.8) is 0 Å². The number of aromatic nitrogens is 6. The van der Waals surface area contributed by atoms with Gasteiger partial charge in [-0.05, 0) is 70.7 Å². The van der Waals surface area contributed by atoms with E-state index in [1.165, 1.54) is 13.4 Å². The summed E-state index contributed by atoms with van der Waals surface area (Å²) in [6, 6.07) is 6.79. The Morgan fingerprint density at radius 1 is 0.725 bits per heavy atom. The van der Waals surface area contributed by atoms with Crippen molar-refractivity contribution < 1.29 is 4.74 Å². The van der Waals surface area contributed by atoms with E-state index in [4.69, 9.17) is 4.74 Å². The Morgan fingerprint density at radius 3 is 1.80 bits per heavy atom. The predicted octanol–water partition coefficient (Wildman–Crippen LogP) is 3.79. The molecule has 0 aliphatic heterocycles. The lowest BCUT2D eigenvalue weighted by Gasteiger charge is -2.12. The maximum atomic E-state index is 12.4. The Bertz CT molecular complexity index is 1550. The van der Waals surface area contributed by atoms with Gasteiger partial charge in [0.1, 0.15) is 5.65 Å². The van der Waals surface area contributed by atoms with Gasteiger partial charge in [0.15, 0.2) is 11.4 Å². The van der Waals surface area contributed by atoms with Crippen molar-refractivity contribution in [2.45, 2.75) is 92.2 Å². The summed E-state index contributed by atoms with van der Waals surface area (Å²) in [5, 5.41) is 0. The predicted molar refractivity (Wildman–Crippen MR) is 156 cm³/mol. The molecule has 11 heteroatoms. The zero-order valence-electron chi connectivity index (χ0n) is 24.3. The first-order valence-electron chi connectivity index (χ1n) is 14.0. The maximum Gasteiger partial charge on any atom is 0.354 e. The molecule has 0 spiro atoms. The highest BCUT2D eigenvalue weighted by atomic mass is 16.5. The highest BCUT2D eigenvalue weighted by Gasteiger charge is 2.14. The summed E-state index contributed by atoms with van der Waals surface area (Å²) in [4.78, 5) is 56.7. The van der Waals surface area contributed by atoms with Crippen LogP contribution in [0.4, 0.5) is 0 Å². The number of ether oxygens (including phenoxy) is 1. The minimum atomic E-state index is -0.545. The molecular weight excluding hydrogens is 512 g/mol. The Hall–Kier alpha value is -4.02. The molecular formula is C29H40N6O5. The molecule has 4 aromatic rings. The Labute approximate surface area is 232 Å². The first-order chi connectivity index (χ1) is 19.1. The Balaban J connectivity index is 0.000000220. The van der Waals surface area contributed by atoms with Crippen LogP contribution in [0.1, 0.15) is 91.3 Å². The molecule has 4 rings (SSSR count). The highest BCUT2D eigenvalue weighted by molar-refractivity contribution is 5.52. The summed E-state index contributed by atoms with van der Waals surface area (Å²) in [6.07, 6.45) is 9.34. The molecule has 216 valence electrons. The molecule has 0 atom stereocenters. The third kappa shape index (κ3) is 6.75. The average Bonchev–Trinajstić information content (AvgIpc) is 2.90. The minimum Gasteiger partial charge on any atom is -0.490 e. The van der Waals surface area contributed by atoms with Crippen molar-refractivity contribution >= 4 is 11.3 Å². The van der Waals surface area contributed by atoms with Crippen molar-refractivity contribution in [3.05, 3.63) is 84.2 Å². The van der Waals surface area contributed by atoms with E-state index in [1.807, 2.05) is 26.0 Å². The van der Waals surface area contributed by atoms with Crippen LogP contribution >= 0.6 is 0 Å². The molecule has 4 aromatic heterocycles. The molecule has 0 aliphatic carbocycles. The maximum absolute atomic E-state index is 12.4. The molecule has 0 fully saturated rings. The standard InChI is InChI=1S/C15H21N3O2.C14H19N3O3/c1-4-5-6-8-12-9-7-10-17-13(12)16-14(19)18(11(2)3)15(17)20;1-4-5-9-20-11-7-6-8-16-12(11)15-13(18)17(10(2)3)14(16)19/h7,9-11H,4-6,8H2,1-3H3;6-8,10H,4-5,9H2,1-3H3. The molecule has 4 heterocycles. The molecule has 0 N–H and O–H groups in total. The fourth-order valence-electron chi connectivity index (χ4n) is 4.34. The zero-order chi connectivity index (χ0) is 29.4. The second-order valence-corrected chi connectivity index (χ2v) is 10.2. The van der Waals surface area contributed by atoms with Gasteiger partial charge in [-0.1, -0.05) is 39.2 Å². The quantitative estimate of drug-likeness (QED) is 0.274. The van der Waals surface area contributed by atoms with Crippen LogP contribution in [-0.2, 0) is 6.42 Å². The van der Waals surface area contributed by atoms with Crippen molar-refractivity contribution in [1.82, 2.24) is 27.9 Å². The summed E-state index contributed by atoms with van der Waals surface area (Å²) in [5.74, 6) is 0.464. The molecule has 0 aromatic carbocycles. The number of nitrogens with zero attached hydrogens (tertiary/aromatic N) is 6. The van der Waals surface area contributed by atoms with Crippen LogP contribution < -0.4 is 27.5 Å². The molecule has 11 nitrogen and oxygen atoms in total. The van der Waals surface area contributed by atoms with Crippen molar-refractivity contribution in [2.75, 3.05) is 6.61 Å². The molecule has 40 heavy (non-hydrogen) atoms. The van der Waals surface area contributed by atoms with Crippen LogP contribution in [0.2, 0.25) is 0 Å². The van der Waals surface area contributed by atoms with Crippen LogP contribution in [0, 0.1) is 0 Å². The average molecular weight is 553 g/mol. The fourth-order valence-corrected chi connectivity index (χ4v) is 4.34. The van der Waals surface area contributed by atoms with E-state index in [0.717, 1.165) is 48.7 Å². The SMILES string of the molecule is CCCCCc1cccn2c(=O)n(C(C)C)c(=O)nc12.CCCCOc1cccn2c(=O)n(C(C)C)c(=O)nc12. The molecule has 0 bridgehead atoms. The van der Waals surface area contributed by atoms with Crippen LogP contribution in [0.3, 0.4) is 0 Å². The Morgan fingerprint density at radius 2 is 1.25 bits per heavy atom. The van der Waals surface area contributed by atoms with Gasteiger partial charge in [0.2, 0.25) is 0 Å². The molecule has 0 radical (unpaired) electrons. The molecule has 0 aliphatic rings. The van der Waals surface area contributed by atoms with Crippen LogP contribution in [0.25, 0.3) is 11.3 Å². The van der Waals surface area contributed by atoms with E-state index in [-0.39, 0.29) is 23.4 Å². The van der Waals surface area contributed by atoms with Crippen molar-refractivity contribution in [1.29, 1.82) is 0 Å². The minimum absolute atomic E-state index is 0.192. The van der Waals surface area contributed by atoms with Gasteiger partial charge in [-0.15, -0.1) is 0 Å². The smallest absolute Gasteiger partial charge is 0.354 e. The summed E-state index contributed by atoms with van der Waals surface area (Å²) in [7, 11) is 0. The lowest BCUT2D eigenvalue weighted by Crippen LogP contribution is -2.40. The fraction of sp³-hybridized carbons (Fsp3) is 0.517. The first kappa shape index (κ1) is 30.5. The number of aryl methyl sites for hydroxylation is 1. The molecule has 0 saturated carbocycles. The molecule has 0 saturated heterocycles. The lowest BCUT2D eigenvalue weighted by molar-refractivity contribution is 0.310. The third-order valence-electron chi connectivity index (χ3n) is 6.46. The van der Waals surface area contributed by atoms with Crippen molar-refractivity contribution in [3.8, 4) is 5.75 Å². The largest absolute Gasteiger partial charge is 0.490 e. The van der Waals surface area contributed by atoms with Crippen LogP contribution in [0.5, 0.6) is 5.75 Å². The van der Waals surface area contributed by atoms with Gasteiger partial charge >= 0.3 is 22.8 Å². The van der Waals surface area contributed by atoms with Gasteiger partial charge in [0.25, 0.3) is 0 Å². The lowest BCUT2D eigenvalue weighted by atomic mass is 10.1. The van der Waals surface area contributed by atoms with Crippen molar-refractivity contribution in [2.24, 2.45) is 0 Å². The van der Waals surface area contributed by atoms with Gasteiger partial charge in [0.05, 0.1) is 6.61 Å².